The molecule has 8 nitrogen and oxygen atoms in total. The van der Waals surface area contributed by atoms with Gasteiger partial charge in [-0.25, -0.2) is 13.4 Å². The van der Waals surface area contributed by atoms with E-state index in [1.807, 2.05) is 4.90 Å². The molecule has 2 aliphatic rings. The fraction of sp³-hybridized carbons (Fsp3) is 0.536. The van der Waals surface area contributed by atoms with Crippen molar-refractivity contribution in [1.82, 2.24) is 10.3 Å². The lowest BCUT2D eigenvalue weighted by atomic mass is 9.84. The number of sulfone groups is 1. The highest BCUT2D eigenvalue weighted by Gasteiger charge is 2.27. The molecule has 1 unspecified atom stereocenters. The van der Waals surface area contributed by atoms with Crippen LogP contribution >= 0.6 is 11.6 Å². The summed E-state index contributed by atoms with van der Waals surface area (Å²) in [7, 11) is -3.52. The Balaban J connectivity index is 1.40. The van der Waals surface area contributed by atoms with Gasteiger partial charge in [0.05, 0.1) is 10.6 Å². The highest BCUT2D eigenvalue weighted by molar-refractivity contribution is 7.90. The average Bonchev–Trinajstić information content (AvgIpc) is 2.89. The number of nitrogens with zero attached hydrogens (tertiary/aromatic N) is 2. The molecule has 206 valence electrons. The zero-order valence-corrected chi connectivity index (χ0v) is 23.7. The first-order chi connectivity index (χ1) is 18.1. The molecular weight excluding hydrogens is 524 g/mol. The first-order valence-corrected chi connectivity index (χ1v) is 15.7. The topological polar surface area (TPSA) is 108 Å². The number of anilines is 2. The maximum absolute atomic E-state index is 12.9. The molecular formula is C28H37ClN4O4S. The van der Waals surface area contributed by atoms with E-state index in [-0.39, 0.29) is 22.8 Å². The fourth-order valence-corrected chi connectivity index (χ4v) is 6.25. The number of amides is 2. The Morgan fingerprint density at radius 1 is 1.11 bits per heavy atom. The van der Waals surface area contributed by atoms with Crippen LogP contribution in [0.2, 0.25) is 5.02 Å². The molecule has 2 heterocycles. The Labute approximate surface area is 230 Å². The largest absolute Gasteiger partial charge is 0.355 e. The van der Waals surface area contributed by atoms with Gasteiger partial charge in [-0.3, -0.25) is 9.59 Å². The zero-order valence-electron chi connectivity index (χ0n) is 22.1. The number of carbonyl (C=O) groups is 2. The van der Waals surface area contributed by atoms with Crippen LogP contribution in [0, 0.1) is 11.8 Å². The van der Waals surface area contributed by atoms with Crippen molar-refractivity contribution in [2.75, 3.05) is 29.6 Å². The zero-order chi connectivity index (χ0) is 27.3. The molecule has 0 radical (unpaired) electrons. The summed E-state index contributed by atoms with van der Waals surface area (Å²) in [5.74, 6) is 1.08. The van der Waals surface area contributed by atoms with Crippen molar-refractivity contribution in [1.29, 1.82) is 0 Å². The minimum Gasteiger partial charge on any atom is -0.355 e. The molecule has 1 aliphatic carbocycles. The molecule has 1 saturated heterocycles. The van der Waals surface area contributed by atoms with Crippen molar-refractivity contribution in [2.24, 2.45) is 11.8 Å². The second-order valence-corrected chi connectivity index (χ2v) is 13.1. The molecule has 0 spiro atoms. The van der Waals surface area contributed by atoms with Crippen LogP contribution in [0.15, 0.2) is 41.4 Å². The summed E-state index contributed by atoms with van der Waals surface area (Å²) in [6.45, 7) is 3.43. The predicted octanol–water partition coefficient (Wildman–Crippen LogP) is 5.08. The van der Waals surface area contributed by atoms with Crippen molar-refractivity contribution < 1.29 is 18.0 Å². The van der Waals surface area contributed by atoms with E-state index in [2.05, 4.69) is 22.5 Å². The Morgan fingerprint density at radius 2 is 1.82 bits per heavy atom. The van der Waals surface area contributed by atoms with E-state index in [0.717, 1.165) is 19.1 Å². The normalized spacial score (nSPS) is 18.1. The van der Waals surface area contributed by atoms with Gasteiger partial charge in [0.2, 0.25) is 5.91 Å². The molecule has 1 atom stereocenters. The number of halogens is 1. The number of nitrogens with one attached hydrogen (secondary N) is 2. The molecule has 2 N–H and O–H groups in total. The van der Waals surface area contributed by atoms with E-state index in [4.69, 9.17) is 11.6 Å². The van der Waals surface area contributed by atoms with Gasteiger partial charge in [0.15, 0.2) is 15.7 Å². The molecule has 1 aliphatic heterocycles. The third-order valence-electron chi connectivity index (χ3n) is 7.74. The standard InChI is InChI=1S/C28H37ClN4O4S/c1-19(21-7-4-3-5-8-21)31-26(34)15-20-11-13-33(14-12-20)27-25(17-24(18-30-27)38(2,36)37)32-28(35)22-9-6-10-23(29)16-22/h6,9-10,16-21H,3-5,7-8,11-15H2,1-2H3,(H,31,34)(H,32,35). The summed E-state index contributed by atoms with van der Waals surface area (Å²) in [4.78, 5) is 32.2. The van der Waals surface area contributed by atoms with Crippen molar-refractivity contribution in [2.45, 2.75) is 69.2 Å². The molecule has 0 bridgehead atoms. The van der Waals surface area contributed by atoms with Crippen LogP contribution in [0.25, 0.3) is 0 Å². The van der Waals surface area contributed by atoms with Gasteiger partial charge in [0, 0.05) is 48.6 Å². The van der Waals surface area contributed by atoms with Crippen LogP contribution in [-0.2, 0) is 14.6 Å². The third kappa shape index (κ3) is 7.47. The van der Waals surface area contributed by atoms with Crippen LogP contribution in [-0.4, -0.2) is 50.6 Å². The van der Waals surface area contributed by atoms with Crippen LogP contribution in [0.3, 0.4) is 0 Å². The number of piperidine rings is 1. The molecule has 38 heavy (non-hydrogen) atoms. The number of hydrogen-bond acceptors (Lipinski definition) is 6. The lowest BCUT2D eigenvalue weighted by molar-refractivity contribution is -0.123. The Bertz CT molecular complexity index is 1260. The first-order valence-electron chi connectivity index (χ1n) is 13.4. The van der Waals surface area contributed by atoms with Gasteiger partial charge in [-0.15, -0.1) is 0 Å². The summed E-state index contributed by atoms with van der Waals surface area (Å²) in [6.07, 6.45) is 10.8. The van der Waals surface area contributed by atoms with Crippen LogP contribution < -0.4 is 15.5 Å². The number of rotatable bonds is 8. The van der Waals surface area contributed by atoms with E-state index in [0.29, 0.717) is 47.5 Å². The van der Waals surface area contributed by atoms with E-state index in [1.54, 1.807) is 24.3 Å². The lowest BCUT2D eigenvalue weighted by Crippen LogP contribution is -2.41. The minimum absolute atomic E-state index is 0.0290. The second-order valence-electron chi connectivity index (χ2n) is 10.7. The van der Waals surface area contributed by atoms with Crippen LogP contribution in [0.1, 0.15) is 68.6 Å². The molecule has 1 saturated carbocycles. The number of benzene rings is 1. The average molecular weight is 561 g/mol. The van der Waals surface area contributed by atoms with Crippen LogP contribution in [0.5, 0.6) is 0 Å². The van der Waals surface area contributed by atoms with Crippen molar-refractivity contribution in [3.05, 3.63) is 47.1 Å². The van der Waals surface area contributed by atoms with E-state index in [9.17, 15) is 18.0 Å². The van der Waals surface area contributed by atoms with Crippen molar-refractivity contribution in [3.63, 3.8) is 0 Å². The quantitative estimate of drug-likeness (QED) is 0.466. The highest BCUT2D eigenvalue weighted by Crippen LogP contribution is 2.32. The highest BCUT2D eigenvalue weighted by atomic mass is 35.5. The second kappa shape index (κ2) is 12.5. The van der Waals surface area contributed by atoms with Gasteiger partial charge in [-0.1, -0.05) is 36.9 Å². The molecule has 10 heteroatoms. The lowest BCUT2D eigenvalue weighted by Gasteiger charge is -2.34. The Kier molecular flexibility index (Phi) is 9.31. The molecule has 4 rings (SSSR count). The molecule has 2 fully saturated rings. The Morgan fingerprint density at radius 3 is 2.47 bits per heavy atom. The monoisotopic (exact) mass is 560 g/mol. The van der Waals surface area contributed by atoms with Gasteiger partial charge in [-0.05, 0) is 68.7 Å². The minimum atomic E-state index is -3.52. The summed E-state index contributed by atoms with van der Waals surface area (Å²) in [5.41, 5.74) is 0.691. The molecule has 2 amide bonds. The predicted molar refractivity (Wildman–Crippen MR) is 150 cm³/mol. The van der Waals surface area contributed by atoms with Gasteiger partial charge in [0.25, 0.3) is 5.91 Å². The van der Waals surface area contributed by atoms with Crippen LogP contribution in [0.4, 0.5) is 11.5 Å². The van der Waals surface area contributed by atoms with Gasteiger partial charge >= 0.3 is 0 Å². The summed E-state index contributed by atoms with van der Waals surface area (Å²) in [6, 6.07) is 8.21. The van der Waals surface area contributed by atoms with E-state index < -0.39 is 15.7 Å². The summed E-state index contributed by atoms with van der Waals surface area (Å²) in [5, 5.41) is 6.49. The maximum Gasteiger partial charge on any atom is 0.255 e. The number of pyridine rings is 1. The van der Waals surface area contributed by atoms with Crippen molar-refractivity contribution in [3.8, 4) is 0 Å². The van der Waals surface area contributed by atoms with Crippen molar-refractivity contribution >= 4 is 44.8 Å². The maximum atomic E-state index is 12.9. The Hall–Kier alpha value is -2.65. The molecule has 1 aromatic carbocycles. The first kappa shape index (κ1) is 28.4. The van der Waals surface area contributed by atoms with Gasteiger partial charge in [0.1, 0.15) is 0 Å². The van der Waals surface area contributed by atoms with Gasteiger partial charge < -0.3 is 15.5 Å². The summed E-state index contributed by atoms with van der Waals surface area (Å²) < 4.78 is 24.3. The number of aromatic nitrogens is 1. The van der Waals surface area contributed by atoms with E-state index >= 15 is 0 Å². The number of hydrogen-bond donors (Lipinski definition) is 2. The molecule has 2 aromatic rings. The smallest absolute Gasteiger partial charge is 0.255 e. The van der Waals surface area contributed by atoms with Gasteiger partial charge in [-0.2, -0.15) is 0 Å². The molecule has 1 aromatic heterocycles. The summed E-state index contributed by atoms with van der Waals surface area (Å²) >= 11 is 6.04. The number of carbonyl (C=O) groups excluding carboxylic acids is 2. The fourth-order valence-electron chi connectivity index (χ4n) is 5.49. The SMILES string of the molecule is CC(NC(=O)CC1CCN(c2ncc(S(C)(=O)=O)cc2NC(=O)c2cccc(Cl)c2)CC1)C1CCCCC1. The van der Waals surface area contributed by atoms with E-state index in [1.165, 1.54) is 44.4 Å². The third-order valence-corrected chi connectivity index (χ3v) is 9.05.